The number of hydrogen-bond acceptors (Lipinski definition) is 5. The van der Waals surface area contributed by atoms with Crippen LogP contribution in [-0.2, 0) is 9.53 Å². The number of piperidine rings is 1. The van der Waals surface area contributed by atoms with Crippen LogP contribution in [0.25, 0.3) is 0 Å². The van der Waals surface area contributed by atoms with E-state index in [1.54, 1.807) is 0 Å². The lowest BCUT2D eigenvalue weighted by atomic mass is 9.88. The van der Waals surface area contributed by atoms with Gasteiger partial charge in [-0.3, -0.25) is 4.79 Å². The summed E-state index contributed by atoms with van der Waals surface area (Å²) in [5.41, 5.74) is 5.74. The second-order valence-corrected chi connectivity index (χ2v) is 7.27. The minimum absolute atomic E-state index is 0.0573. The van der Waals surface area contributed by atoms with Gasteiger partial charge in [-0.25, -0.2) is 0 Å². The summed E-state index contributed by atoms with van der Waals surface area (Å²) in [6.07, 6.45) is 8.55. The van der Waals surface area contributed by atoms with Crippen LogP contribution in [0.3, 0.4) is 0 Å². The van der Waals surface area contributed by atoms with Crippen molar-refractivity contribution >= 4 is 5.97 Å². The molecule has 3 N–H and O–H groups in total. The quantitative estimate of drug-likeness (QED) is 0.666. The Morgan fingerprint density at radius 2 is 2.00 bits per heavy atom. The van der Waals surface area contributed by atoms with E-state index >= 15 is 0 Å². The van der Waals surface area contributed by atoms with Crippen molar-refractivity contribution in [1.29, 1.82) is 0 Å². The molecule has 1 heterocycles. The van der Waals surface area contributed by atoms with Gasteiger partial charge in [0.25, 0.3) is 0 Å². The van der Waals surface area contributed by atoms with Gasteiger partial charge in [-0.1, -0.05) is 19.3 Å². The molecule has 1 saturated carbocycles. The fourth-order valence-electron chi connectivity index (χ4n) is 4.14. The Morgan fingerprint density at radius 1 is 1.22 bits per heavy atom. The Bertz CT molecular complexity index is 345. The van der Waals surface area contributed by atoms with Crippen LogP contribution < -0.4 is 11.1 Å². The Kier molecular flexibility index (Phi) is 8.34. The predicted molar refractivity (Wildman–Crippen MR) is 93.2 cm³/mol. The number of nitrogens with one attached hydrogen (secondary N) is 1. The van der Waals surface area contributed by atoms with Crippen molar-refractivity contribution in [1.82, 2.24) is 10.2 Å². The molecule has 1 saturated heterocycles. The lowest BCUT2D eigenvalue weighted by Crippen LogP contribution is -2.51. The number of ether oxygens (including phenoxy) is 1. The topological polar surface area (TPSA) is 67.6 Å². The number of nitrogens with zero attached hydrogens (tertiary/aromatic N) is 1. The zero-order valence-corrected chi connectivity index (χ0v) is 14.8. The zero-order valence-electron chi connectivity index (χ0n) is 14.8. The van der Waals surface area contributed by atoms with Crippen molar-refractivity contribution in [3.05, 3.63) is 0 Å². The molecule has 134 valence electrons. The van der Waals surface area contributed by atoms with Crippen molar-refractivity contribution in [3.63, 3.8) is 0 Å². The smallest absolute Gasteiger partial charge is 0.306 e. The van der Waals surface area contributed by atoms with Crippen LogP contribution in [0.2, 0.25) is 0 Å². The molecule has 5 nitrogen and oxygen atoms in total. The van der Waals surface area contributed by atoms with E-state index in [1.165, 1.54) is 32.1 Å². The third kappa shape index (κ3) is 6.77. The van der Waals surface area contributed by atoms with E-state index in [-0.39, 0.29) is 5.97 Å². The minimum Gasteiger partial charge on any atom is -0.466 e. The van der Waals surface area contributed by atoms with Crippen molar-refractivity contribution in [2.45, 2.75) is 57.9 Å². The molecule has 0 amide bonds. The lowest BCUT2D eigenvalue weighted by Gasteiger charge is -2.38. The molecule has 1 aliphatic heterocycles. The van der Waals surface area contributed by atoms with Gasteiger partial charge in [0.05, 0.1) is 6.61 Å². The highest BCUT2D eigenvalue weighted by Crippen LogP contribution is 2.24. The first-order valence-corrected chi connectivity index (χ1v) is 9.52. The highest BCUT2D eigenvalue weighted by Gasteiger charge is 2.29. The third-order valence-electron chi connectivity index (χ3n) is 5.24. The summed E-state index contributed by atoms with van der Waals surface area (Å²) in [5.74, 6) is 1.17. The average Bonchev–Trinajstić information content (AvgIpc) is 2.54. The molecule has 0 bridgehead atoms. The number of hydrogen-bond donors (Lipinski definition) is 2. The Balaban J connectivity index is 1.80. The maximum absolute atomic E-state index is 11.8. The first-order valence-electron chi connectivity index (χ1n) is 9.52. The molecular formula is C18H35N3O2. The summed E-state index contributed by atoms with van der Waals surface area (Å²) in [6, 6.07) is 0.483. The van der Waals surface area contributed by atoms with Gasteiger partial charge in [0.15, 0.2) is 0 Å². The first kappa shape index (κ1) is 18.7. The standard InChI is InChI=1S/C18H35N3O2/c1-2-23-18(22)11-16-10-17(14-21(13-16)9-8-19)20-12-15-6-4-3-5-7-15/h15-17,20H,2-14,19H2,1H3. The van der Waals surface area contributed by atoms with Crippen LogP contribution in [0, 0.1) is 11.8 Å². The summed E-state index contributed by atoms with van der Waals surface area (Å²) in [5, 5.41) is 3.78. The Morgan fingerprint density at radius 3 is 2.70 bits per heavy atom. The number of carbonyl (C=O) groups excluding carboxylic acids is 1. The summed E-state index contributed by atoms with van der Waals surface area (Å²) in [7, 11) is 0. The van der Waals surface area contributed by atoms with Crippen LogP contribution in [0.15, 0.2) is 0 Å². The summed E-state index contributed by atoms with van der Waals surface area (Å²) in [4.78, 5) is 14.2. The highest BCUT2D eigenvalue weighted by atomic mass is 16.5. The van der Waals surface area contributed by atoms with Gasteiger partial charge < -0.3 is 20.7 Å². The number of carbonyl (C=O) groups is 1. The monoisotopic (exact) mass is 325 g/mol. The van der Waals surface area contributed by atoms with E-state index in [9.17, 15) is 4.79 Å². The number of likely N-dealkylation sites (tertiary alicyclic amines) is 1. The molecule has 23 heavy (non-hydrogen) atoms. The third-order valence-corrected chi connectivity index (χ3v) is 5.24. The molecule has 0 aromatic heterocycles. The fraction of sp³-hybridized carbons (Fsp3) is 0.944. The van der Waals surface area contributed by atoms with Crippen molar-refractivity contribution in [3.8, 4) is 0 Å². The van der Waals surface area contributed by atoms with E-state index < -0.39 is 0 Å². The molecule has 2 atom stereocenters. The van der Waals surface area contributed by atoms with Crippen molar-refractivity contribution < 1.29 is 9.53 Å². The van der Waals surface area contributed by atoms with E-state index in [0.717, 1.165) is 38.5 Å². The number of nitrogens with two attached hydrogens (primary N) is 1. The van der Waals surface area contributed by atoms with E-state index in [4.69, 9.17) is 10.5 Å². The highest BCUT2D eigenvalue weighted by molar-refractivity contribution is 5.69. The molecule has 2 rings (SSSR count). The molecule has 1 aliphatic carbocycles. The first-order chi connectivity index (χ1) is 11.2. The molecule has 0 spiro atoms. The van der Waals surface area contributed by atoms with Crippen LogP contribution in [-0.4, -0.2) is 56.2 Å². The van der Waals surface area contributed by atoms with Gasteiger partial charge >= 0.3 is 5.97 Å². The maximum atomic E-state index is 11.8. The summed E-state index contributed by atoms with van der Waals surface area (Å²) >= 11 is 0. The van der Waals surface area contributed by atoms with E-state index in [2.05, 4.69) is 10.2 Å². The van der Waals surface area contributed by atoms with Crippen LogP contribution in [0.4, 0.5) is 0 Å². The second-order valence-electron chi connectivity index (χ2n) is 7.27. The van der Waals surface area contributed by atoms with Gasteiger partial charge in [-0.05, 0) is 44.6 Å². The average molecular weight is 325 g/mol. The molecule has 2 fully saturated rings. The Hall–Kier alpha value is -0.650. The van der Waals surface area contributed by atoms with Crippen LogP contribution >= 0.6 is 0 Å². The zero-order chi connectivity index (χ0) is 16.5. The largest absolute Gasteiger partial charge is 0.466 e. The summed E-state index contributed by atoms with van der Waals surface area (Å²) in [6.45, 7) is 7.10. The van der Waals surface area contributed by atoms with E-state index in [1.807, 2.05) is 6.92 Å². The van der Waals surface area contributed by atoms with Gasteiger partial charge in [0, 0.05) is 38.6 Å². The predicted octanol–water partition coefficient (Wildman–Crippen LogP) is 1.76. The molecule has 0 radical (unpaired) electrons. The molecule has 2 unspecified atom stereocenters. The van der Waals surface area contributed by atoms with Crippen LogP contribution in [0.5, 0.6) is 0 Å². The van der Waals surface area contributed by atoms with Crippen molar-refractivity contribution in [2.24, 2.45) is 17.6 Å². The normalized spacial score (nSPS) is 27.0. The minimum atomic E-state index is -0.0573. The SMILES string of the molecule is CCOC(=O)CC1CC(NCC2CCCCC2)CN(CCN)C1. The molecule has 0 aromatic carbocycles. The number of esters is 1. The maximum Gasteiger partial charge on any atom is 0.306 e. The van der Waals surface area contributed by atoms with Gasteiger partial charge in [0.1, 0.15) is 0 Å². The van der Waals surface area contributed by atoms with Crippen molar-refractivity contribution in [2.75, 3.05) is 39.3 Å². The summed E-state index contributed by atoms with van der Waals surface area (Å²) < 4.78 is 5.13. The lowest BCUT2D eigenvalue weighted by molar-refractivity contribution is -0.144. The second kappa shape index (κ2) is 10.3. The molecular weight excluding hydrogens is 290 g/mol. The Labute approximate surface area is 141 Å². The molecule has 2 aliphatic rings. The van der Waals surface area contributed by atoms with Gasteiger partial charge in [0.2, 0.25) is 0 Å². The molecule has 0 aromatic rings. The van der Waals surface area contributed by atoms with E-state index in [0.29, 0.717) is 31.5 Å². The van der Waals surface area contributed by atoms with Gasteiger partial charge in [-0.2, -0.15) is 0 Å². The molecule has 5 heteroatoms. The number of rotatable bonds is 8. The van der Waals surface area contributed by atoms with Crippen LogP contribution in [0.1, 0.15) is 51.9 Å². The van der Waals surface area contributed by atoms with Gasteiger partial charge in [-0.15, -0.1) is 0 Å². The fourth-order valence-corrected chi connectivity index (χ4v) is 4.14.